The number of carbonyl (C=O) groups excluding carboxylic acids is 3. The van der Waals surface area contributed by atoms with E-state index >= 15 is 0 Å². The van der Waals surface area contributed by atoms with Gasteiger partial charge < -0.3 is 25.8 Å². The molecule has 8 heteroatoms. The van der Waals surface area contributed by atoms with Crippen LogP contribution < -0.4 is 10.5 Å². The number of fused-ring (bicyclic) bond motifs is 2. The summed E-state index contributed by atoms with van der Waals surface area (Å²) in [5, 5.41) is 31.4. The molecule has 5 N–H and O–H groups in total. The Hall–Kier alpha value is -3.39. The van der Waals surface area contributed by atoms with Gasteiger partial charge in [-0.25, -0.2) is 0 Å². The van der Waals surface area contributed by atoms with Crippen LogP contribution in [0.5, 0.6) is 17.2 Å². The van der Waals surface area contributed by atoms with Crippen molar-refractivity contribution in [1.82, 2.24) is 0 Å². The first-order valence-electron chi connectivity index (χ1n) is 8.42. The molecule has 28 heavy (non-hydrogen) atoms. The normalized spacial score (nSPS) is 14.8. The summed E-state index contributed by atoms with van der Waals surface area (Å²) < 4.78 is 5.15. The maximum absolute atomic E-state index is 13.0. The van der Waals surface area contributed by atoms with Crippen molar-refractivity contribution in [3.05, 3.63) is 52.1 Å². The van der Waals surface area contributed by atoms with Gasteiger partial charge in [-0.3, -0.25) is 14.4 Å². The third kappa shape index (κ3) is 3.07. The molecule has 2 aromatic carbocycles. The molecule has 1 aliphatic rings. The highest BCUT2D eigenvalue weighted by atomic mass is 16.5. The summed E-state index contributed by atoms with van der Waals surface area (Å²) in [6.45, 7) is 1.33. The number of ketones is 2. The smallest absolute Gasteiger partial charge is 0.220 e. The lowest BCUT2D eigenvalue weighted by Crippen LogP contribution is -2.33. The average molecular weight is 385 g/mol. The van der Waals surface area contributed by atoms with Crippen LogP contribution in [0.25, 0.3) is 0 Å². The van der Waals surface area contributed by atoms with Gasteiger partial charge in [0.2, 0.25) is 11.7 Å². The van der Waals surface area contributed by atoms with Gasteiger partial charge in [-0.1, -0.05) is 12.1 Å². The molecule has 146 valence electrons. The van der Waals surface area contributed by atoms with E-state index < -0.39 is 41.0 Å². The maximum atomic E-state index is 13.0. The van der Waals surface area contributed by atoms with Gasteiger partial charge in [0, 0.05) is 17.5 Å². The predicted octanol–water partition coefficient (Wildman–Crippen LogP) is 1.05. The van der Waals surface area contributed by atoms with Gasteiger partial charge in [-0.2, -0.15) is 0 Å². The van der Waals surface area contributed by atoms with Crippen molar-refractivity contribution in [3.63, 3.8) is 0 Å². The first kappa shape index (κ1) is 19.4. The van der Waals surface area contributed by atoms with Crippen molar-refractivity contribution in [2.24, 2.45) is 5.73 Å². The molecule has 0 fully saturated rings. The van der Waals surface area contributed by atoms with Crippen molar-refractivity contribution in [2.45, 2.75) is 25.4 Å². The summed E-state index contributed by atoms with van der Waals surface area (Å²) >= 11 is 0. The van der Waals surface area contributed by atoms with Crippen molar-refractivity contribution in [1.29, 1.82) is 0 Å². The Bertz CT molecular complexity index is 1020. The van der Waals surface area contributed by atoms with Crippen LogP contribution in [0.1, 0.15) is 50.8 Å². The minimum Gasteiger partial charge on any atom is -0.507 e. The van der Waals surface area contributed by atoms with Crippen LogP contribution >= 0.6 is 0 Å². The standard InChI is InChI=1S/C20H19NO7/c1-20(27,8-13(21)23)7-9-6-11(22)15-16(17(9)24)18(25)10-4-3-5-12(28-2)14(10)19(15)26/h3-6,22,24,27H,7-8H2,1-2H3,(H2,21,23)/t20-/m1/s1. The summed E-state index contributed by atoms with van der Waals surface area (Å²) in [4.78, 5) is 37.0. The van der Waals surface area contributed by atoms with Crippen molar-refractivity contribution in [3.8, 4) is 17.2 Å². The largest absolute Gasteiger partial charge is 0.507 e. The topological polar surface area (TPSA) is 147 Å². The summed E-state index contributed by atoms with van der Waals surface area (Å²) in [6, 6.07) is 5.57. The Kier molecular flexibility index (Phi) is 4.60. The van der Waals surface area contributed by atoms with Crippen LogP contribution in [0.2, 0.25) is 0 Å². The molecule has 1 atom stereocenters. The molecule has 0 radical (unpaired) electrons. The number of methoxy groups -OCH3 is 1. The molecular weight excluding hydrogens is 366 g/mol. The lowest BCUT2D eigenvalue weighted by atomic mass is 9.80. The van der Waals surface area contributed by atoms with Crippen molar-refractivity contribution in [2.75, 3.05) is 7.11 Å². The molecule has 3 rings (SSSR count). The number of phenols is 2. The number of aromatic hydroxyl groups is 2. The lowest BCUT2D eigenvalue weighted by Gasteiger charge is -2.25. The molecule has 0 saturated carbocycles. The number of amides is 1. The highest BCUT2D eigenvalue weighted by Gasteiger charge is 2.38. The van der Waals surface area contributed by atoms with E-state index in [1.807, 2.05) is 0 Å². The summed E-state index contributed by atoms with van der Waals surface area (Å²) in [5.74, 6) is -2.96. The van der Waals surface area contributed by atoms with Crippen LogP contribution in [-0.4, -0.2) is 45.5 Å². The third-order valence-electron chi connectivity index (χ3n) is 4.66. The number of primary amides is 1. The fourth-order valence-corrected chi connectivity index (χ4v) is 3.53. The first-order chi connectivity index (χ1) is 13.1. The van der Waals surface area contributed by atoms with E-state index in [4.69, 9.17) is 10.5 Å². The van der Waals surface area contributed by atoms with E-state index in [9.17, 15) is 29.7 Å². The van der Waals surface area contributed by atoms with Gasteiger partial charge in [0.05, 0.1) is 35.8 Å². The average Bonchev–Trinajstić information content (AvgIpc) is 2.60. The summed E-state index contributed by atoms with van der Waals surface area (Å²) in [5.41, 5.74) is 2.85. The number of ether oxygens (including phenoxy) is 1. The molecular formula is C20H19NO7. The fraction of sp³-hybridized carbons (Fsp3) is 0.250. The molecule has 0 saturated heterocycles. The first-order valence-corrected chi connectivity index (χ1v) is 8.42. The predicted molar refractivity (Wildman–Crippen MR) is 97.8 cm³/mol. The lowest BCUT2D eigenvalue weighted by molar-refractivity contribution is -0.122. The summed E-state index contributed by atoms with van der Waals surface area (Å²) in [7, 11) is 1.35. The second-order valence-electron chi connectivity index (χ2n) is 7.01. The van der Waals surface area contributed by atoms with E-state index in [0.717, 1.165) is 6.07 Å². The van der Waals surface area contributed by atoms with Gasteiger partial charge in [0.1, 0.15) is 17.2 Å². The monoisotopic (exact) mass is 385 g/mol. The number of nitrogens with two attached hydrogens (primary N) is 1. The number of aliphatic hydroxyl groups is 1. The molecule has 0 spiro atoms. The van der Waals surface area contributed by atoms with Gasteiger partial charge in [0.15, 0.2) is 5.78 Å². The molecule has 1 aliphatic carbocycles. The second kappa shape index (κ2) is 6.65. The Morgan fingerprint density at radius 1 is 1.14 bits per heavy atom. The fourth-order valence-electron chi connectivity index (χ4n) is 3.53. The zero-order valence-corrected chi connectivity index (χ0v) is 15.3. The number of hydrogen-bond donors (Lipinski definition) is 4. The molecule has 0 bridgehead atoms. The van der Waals surface area contributed by atoms with Crippen LogP contribution in [0.4, 0.5) is 0 Å². The van der Waals surface area contributed by atoms with Crippen LogP contribution in [0.3, 0.4) is 0 Å². The highest BCUT2D eigenvalue weighted by Crippen LogP contribution is 2.43. The zero-order valence-electron chi connectivity index (χ0n) is 15.3. The SMILES string of the molecule is COc1cccc2c1C(=O)c1c(O)cc(C[C@@](C)(O)CC(N)=O)c(O)c1C2=O. The van der Waals surface area contributed by atoms with Gasteiger partial charge >= 0.3 is 0 Å². The molecule has 1 amide bonds. The molecule has 2 aromatic rings. The minimum atomic E-state index is -1.62. The van der Waals surface area contributed by atoms with E-state index in [1.54, 1.807) is 0 Å². The van der Waals surface area contributed by atoms with E-state index in [1.165, 1.54) is 32.2 Å². The molecule has 0 unspecified atom stereocenters. The zero-order chi connectivity index (χ0) is 20.8. The quantitative estimate of drug-likeness (QED) is 0.480. The Balaban J connectivity index is 2.18. The van der Waals surface area contributed by atoms with Crippen molar-refractivity contribution >= 4 is 17.5 Å². The van der Waals surface area contributed by atoms with Crippen LogP contribution in [0, 0.1) is 0 Å². The molecule has 8 nitrogen and oxygen atoms in total. The van der Waals surface area contributed by atoms with Crippen LogP contribution in [0.15, 0.2) is 24.3 Å². The maximum Gasteiger partial charge on any atom is 0.220 e. The van der Waals surface area contributed by atoms with Gasteiger partial charge in [-0.15, -0.1) is 0 Å². The van der Waals surface area contributed by atoms with Gasteiger partial charge in [0.25, 0.3) is 0 Å². The number of phenolic OH excluding ortho intramolecular Hbond substituents is 2. The van der Waals surface area contributed by atoms with Gasteiger partial charge in [-0.05, 0) is 19.1 Å². The van der Waals surface area contributed by atoms with E-state index in [0.29, 0.717) is 0 Å². The Labute approximate surface area is 160 Å². The summed E-state index contributed by atoms with van der Waals surface area (Å²) in [6.07, 6.45) is -0.660. The molecule has 0 aliphatic heterocycles. The van der Waals surface area contributed by atoms with Crippen molar-refractivity contribution < 1.29 is 34.4 Å². The van der Waals surface area contributed by atoms with E-state index in [-0.39, 0.29) is 40.0 Å². The highest BCUT2D eigenvalue weighted by molar-refractivity contribution is 6.31. The Morgan fingerprint density at radius 3 is 2.43 bits per heavy atom. The van der Waals surface area contributed by atoms with E-state index in [2.05, 4.69) is 0 Å². The molecule has 0 heterocycles. The second-order valence-corrected chi connectivity index (χ2v) is 7.01. The number of rotatable bonds is 5. The molecule has 0 aromatic heterocycles. The number of carbonyl (C=O) groups is 3. The number of benzene rings is 2. The van der Waals surface area contributed by atoms with Crippen LogP contribution in [-0.2, 0) is 11.2 Å². The minimum absolute atomic E-state index is 0.00525. The number of hydrogen-bond acceptors (Lipinski definition) is 7. The Morgan fingerprint density at radius 2 is 1.82 bits per heavy atom. The third-order valence-corrected chi connectivity index (χ3v) is 4.66.